The molecule has 1 amide bonds. The summed E-state index contributed by atoms with van der Waals surface area (Å²) in [7, 11) is 2.01. The number of aromatic nitrogens is 4. The van der Waals surface area contributed by atoms with E-state index < -0.39 is 18.3 Å². The van der Waals surface area contributed by atoms with Gasteiger partial charge in [-0.25, -0.2) is 19.0 Å². The van der Waals surface area contributed by atoms with E-state index in [9.17, 15) is 13.6 Å². The Kier molecular flexibility index (Phi) is 6.56. The number of alkyl halides is 2. The van der Waals surface area contributed by atoms with Gasteiger partial charge < -0.3 is 15.5 Å². The summed E-state index contributed by atoms with van der Waals surface area (Å²) in [5.74, 6) is -1.80. The maximum absolute atomic E-state index is 15.0. The number of fused-ring (bicyclic) bond motifs is 3. The molecule has 0 atom stereocenters. The van der Waals surface area contributed by atoms with Crippen LogP contribution in [0.2, 0.25) is 0 Å². The van der Waals surface area contributed by atoms with Crippen molar-refractivity contribution in [1.29, 1.82) is 0 Å². The zero-order valence-corrected chi connectivity index (χ0v) is 20.1. The van der Waals surface area contributed by atoms with E-state index >= 15 is 4.39 Å². The van der Waals surface area contributed by atoms with Crippen molar-refractivity contribution < 1.29 is 22.8 Å². The molecular weight excluding hydrogens is 489 g/mol. The predicted octanol–water partition coefficient (Wildman–Crippen LogP) is 2.82. The number of piperazine rings is 1. The Bertz CT molecular complexity index is 1350. The highest BCUT2D eigenvalue weighted by Crippen LogP contribution is 2.37. The Morgan fingerprint density at radius 3 is 2.68 bits per heavy atom. The quantitative estimate of drug-likeness (QED) is 0.480. The summed E-state index contributed by atoms with van der Waals surface area (Å²) >= 11 is 0. The minimum Gasteiger partial charge on any atom is -0.369 e. The molecule has 1 saturated heterocycles. The van der Waals surface area contributed by atoms with Crippen LogP contribution in [0.15, 0.2) is 31.0 Å². The summed E-state index contributed by atoms with van der Waals surface area (Å²) in [6, 6.07) is 4.24. The van der Waals surface area contributed by atoms with E-state index in [0.29, 0.717) is 59.2 Å². The van der Waals surface area contributed by atoms with Gasteiger partial charge in [-0.1, -0.05) is 6.58 Å². The van der Waals surface area contributed by atoms with Crippen LogP contribution < -0.4 is 15.7 Å². The highest BCUT2D eigenvalue weighted by atomic mass is 19.3. The summed E-state index contributed by atoms with van der Waals surface area (Å²) in [5, 5.41) is 4.80. The summed E-state index contributed by atoms with van der Waals surface area (Å²) in [6.45, 7) is 3.45. The topological polar surface area (TPSA) is 106 Å². The third-order valence-electron chi connectivity index (χ3n) is 6.52. The molecule has 5 rings (SSSR count). The van der Waals surface area contributed by atoms with Gasteiger partial charge in [0.1, 0.15) is 11.5 Å². The zero-order chi connectivity index (χ0) is 26.3. The van der Waals surface area contributed by atoms with E-state index in [4.69, 9.17) is 10.6 Å². The Labute approximate surface area is 210 Å². The molecule has 0 radical (unpaired) electrons. The van der Waals surface area contributed by atoms with Gasteiger partial charge >= 0.3 is 6.61 Å². The summed E-state index contributed by atoms with van der Waals surface area (Å²) in [6.07, 6.45) is 3.77. The summed E-state index contributed by atoms with van der Waals surface area (Å²) in [4.78, 5) is 29.5. The molecule has 2 aromatic heterocycles. The van der Waals surface area contributed by atoms with E-state index in [0.717, 1.165) is 13.1 Å². The van der Waals surface area contributed by atoms with Crippen molar-refractivity contribution in [2.24, 2.45) is 5.73 Å². The molecule has 13 heteroatoms. The van der Waals surface area contributed by atoms with Gasteiger partial charge in [0.05, 0.1) is 11.4 Å². The molecule has 1 aliphatic heterocycles. The van der Waals surface area contributed by atoms with Crippen LogP contribution in [0, 0.1) is 5.82 Å². The lowest BCUT2D eigenvalue weighted by molar-refractivity contribution is -0.130. The highest BCUT2D eigenvalue weighted by Gasteiger charge is 2.31. The molecule has 2 aliphatic rings. The summed E-state index contributed by atoms with van der Waals surface area (Å²) in [5.41, 5.74) is 8.00. The number of carbonyl (C=O) groups is 1. The smallest absolute Gasteiger partial charge is 0.365 e. The standard InChI is InChI=1S/C24H25F3N8O2/c1-3-34-21-16(20(31-34)22(28)36)6-4-14-13-29-24(30-19(14)21)35(37-23(26)27)18-12-15(5-7-17(18)25)33-10-8-32(2)9-11-33/h3,5,7,12-13,23H,1,4,6,8-11H2,2H3,(H2,28,36). The lowest BCUT2D eigenvalue weighted by Gasteiger charge is -2.34. The summed E-state index contributed by atoms with van der Waals surface area (Å²) < 4.78 is 43.5. The van der Waals surface area contributed by atoms with Gasteiger partial charge in [-0.05, 0) is 43.7 Å². The van der Waals surface area contributed by atoms with Crippen molar-refractivity contribution in [3.05, 3.63) is 53.6 Å². The number of likely N-dealkylation sites (N-methyl/N-ethyl adjacent to an activating group) is 1. The van der Waals surface area contributed by atoms with Gasteiger partial charge in [0.15, 0.2) is 5.69 Å². The van der Waals surface area contributed by atoms with Crippen molar-refractivity contribution in [1.82, 2.24) is 24.6 Å². The number of benzene rings is 1. The largest absolute Gasteiger partial charge is 0.369 e. The minimum atomic E-state index is -3.28. The normalized spacial score (nSPS) is 15.4. The molecule has 0 spiro atoms. The Morgan fingerprint density at radius 1 is 1.24 bits per heavy atom. The fourth-order valence-corrected chi connectivity index (χ4v) is 4.64. The fraction of sp³-hybridized carbons (Fsp3) is 0.333. The molecule has 3 aromatic rings. The van der Waals surface area contributed by atoms with Gasteiger partial charge in [0.25, 0.3) is 11.9 Å². The van der Waals surface area contributed by atoms with Gasteiger partial charge in [-0.2, -0.15) is 23.8 Å². The van der Waals surface area contributed by atoms with Crippen LogP contribution in [-0.4, -0.2) is 70.4 Å². The van der Waals surface area contributed by atoms with Crippen LogP contribution in [0.1, 0.15) is 21.6 Å². The molecule has 2 N–H and O–H groups in total. The lowest BCUT2D eigenvalue weighted by Crippen LogP contribution is -2.44. The first-order chi connectivity index (χ1) is 17.8. The maximum atomic E-state index is 15.0. The van der Waals surface area contributed by atoms with Crippen LogP contribution in [0.4, 0.5) is 30.5 Å². The number of carbonyl (C=O) groups excluding carboxylic acids is 1. The first-order valence-corrected chi connectivity index (χ1v) is 11.6. The lowest BCUT2D eigenvalue weighted by atomic mass is 9.93. The van der Waals surface area contributed by atoms with E-state index in [2.05, 4.69) is 26.5 Å². The van der Waals surface area contributed by atoms with Gasteiger partial charge in [0.2, 0.25) is 0 Å². The second kappa shape index (κ2) is 9.82. The van der Waals surface area contributed by atoms with Gasteiger partial charge in [-0.3, -0.25) is 4.79 Å². The van der Waals surface area contributed by atoms with E-state index in [1.807, 2.05) is 11.9 Å². The van der Waals surface area contributed by atoms with E-state index in [1.54, 1.807) is 6.07 Å². The highest BCUT2D eigenvalue weighted by molar-refractivity contribution is 5.95. The molecule has 3 heterocycles. The monoisotopic (exact) mass is 514 g/mol. The number of amides is 1. The molecule has 10 nitrogen and oxygen atoms in total. The predicted molar refractivity (Wildman–Crippen MR) is 131 cm³/mol. The number of anilines is 3. The number of hydrogen-bond donors (Lipinski definition) is 1. The average molecular weight is 515 g/mol. The third-order valence-corrected chi connectivity index (χ3v) is 6.52. The molecular formula is C24H25F3N8O2. The van der Waals surface area contributed by atoms with Crippen LogP contribution >= 0.6 is 0 Å². The Balaban J connectivity index is 1.59. The number of aryl methyl sites for hydroxylation is 1. The van der Waals surface area contributed by atoms with Gasteiger partial charge in [0, 0.05) is 49.8 Å². The van der Waals surface area contributed by atoms with Crippen LogP contribution in [0.25, 0.3) is 17.6 Å². The SMILES string of the molecule is C=Cn1nc(C(N)=O)c2c1-c1nc(N(OC(F)F)c3cc(N4CCN(C)CC4)ccc3F)ncc1CC2. The van der Waals surface area contributed by atoms with Crippen LogP contribution in [-0.2, 0) is 17.7 Å². The van der Waals surface area contributed by atoms with Crippen molar-refractivity contribution in [3.8, 4) is 11.4 Å². The number of rotatable bonds is 7. The minimum absolute atomic E-state index is 0.0762. The number of hydrogen-bond acceptors (Lipinski definition) is 8. The molecule has 37 heavy (non-hydrogen) atoms. The first kappa shape index (κ1) is 24.7. The number of nitrogens with two attached hydrogens (primary N) is 1. The molecule has 0 saturated carbocycles. The Morgan fingerprint density at radius 2 is 2.00 bits per heavy atom. The fourth-order valence-electron chi connectivity index (χ4n) is 4.64. The molecule has 1 aliphatic carbocycles. The molecule has 1 fully saturated rings. The van der Waals surface area contributed by atoms with Gasteiger partial charge in [-0.15, -0.1) is 0 Å². The second-order valence-electron chi connectivity index (χ2n) is 8.80. The van der Waals surface area contributed by atoms with Crippen molar-refractivity contribution >= 4 is 29.4 Å². The Hall–Kier alpha value is -3.97. The third kappa shape index (κ3) is 4.62. The van der Waals surface area contributed by atoms with E-state index in [-0.39, 0.29) is 17.3 Å². The molecule has 194 valence electrons. The average Bonchev–Trinajstić information content (AvgIpc) is 3.28. The van der Waals surface area contributed by atoms with Crippen molar-refractivity contribution in [2.75, 3.05) is 43.2 Å². The zero-order valence-electron chi connectivity index (χ0n) is 20.1. The van der Waals surface area contributed by atoms with Crippen molar-refractivity contribution in [3.63, 3.8) is 0 Å². The molecule has 0 unspecified atom stereocenters. The number of nitrogens with zero attached hydrogens (tertiary/aromatic N) is 7. The number of primary amides is 1. The molecule has 0 bridgehead atoms. The van der Waals surface area contributed by atoms with Crippen LogP contribution in [0.5, 0.6) is 0 Å². The molecule has 1 aromatic carbocycles. The number of halogens is 3. The second-order valence-corrected chi connectivity index (χ2v) is 8.80. The first-order valence-electron chi connectivity index (χ1n) is 11.6. The maximum Gasteiger partial charge on any atom is 0.365 e. The van der Waals surface area contributed by atoms with Crippen molar-refractivity contribution in [2.45, 2.75) is 19.5 Å². The van der Waals surface area contributed by atoms with E-state index in [1.165, 1.54) is 29.2 Å². The van der Waals surface area contributed by atoms with Crippen LogP contribution in [0.3, 0.4) is 0 Å².